The third kappa shape index (κ3) is 13.7. The van der Waals surface area contributed by atoms with E-state index in [2.05, 4.69) is 225 Å². The number of methoxy groups -OCH3 is 4. The summed E-state index contributed by atoms with van der Waals surface area (Å²) in [4.78, 5) is 22.7. The van der Waals surface area contributed by atoms with Gasteiger partial charge in [0.15, 0.2) is 0 Å². The Morgan fingerprint density at radius 2 is 0.667 bits per heavy atom. The van der Waals surface area contributed by atoms with Crippen molar-refractivity contribution in [1.29, 1.82) is 0 Å². The standard InChI is InChI=1S/C70H76N4O4Si2.Ni/c1-69(2,3)53-37-49(41-75-7)63(50(38-53)42-76-8)67-59-29-25-55(71-59)65(47-21-17-45(18-22-47)33-35-79(11,12)13)57-27-31-61(73-57)68(64-51(43-77-9)39-54(70(4,5)6)40-52(64)44-78-10)62-32-28-58(74-62)66(56-26-30-60(67)72-56)48-23-19-46(20-24-48)34-36-80(14,15)16;/h17-32,37-40H,41-44H2,1-16H3;/q-2;+2. The molecule has 81 heavy (non-hydrogen) atoms. The zero-order valence-corrected chi connectivity index (χ0v) is 53.1. The molecule has 9 rings (SSSR count). The number of hydrogen-bond donors (Lipinski definition) is 0. The number of hydrogen-bond acceptors (Lipinski definition) is 6. The van der Waals surface area contributed by atoms with E-state index >= 15 is 0 Å². The molecular weight excluding hydrogens is 1080 g/mol. The fourth-order valence-electron chi connectivity index (χ4n) is 10.3. The Hall–Kier alpha value is -6.63. The van der Waals surface area contributed by atoms with Gasteiger partial charge in [0.2, 0.25) is 0 Å². The molecular formula is C70H76N4NiO4Si2. The minimum Gasteiger partial charge on any atom is -0.657 e. The fraction of sp³-hybridized carbons (Fsp3) is 0.314. The predicted molar refractivity (Wildman–Crippen MR) is 339 cm³/mol. The van der Waals surface area contributed by atoms with Crippen LogP contribution in [0.2, 0.25) is 39.3 Å². The van der Waals surface area contributed by atoms with Crippen molar-refractivity contribution >= 4 is 62.5 Å². The van der Waals surface area contributed by atoms with Gasteiger partial charge in [-0.1, -0.05) is 165 Å². The summed E-state index contributed by atoms with van der Waals surface area (Å²) in [5.74, 6) is 6.93. The quantitative estimate of drug-likeness (QED) is 0.0883. The first kappa shape index (κ1) is 60.5. The first-order chi connectivity index (χ1) is 38.0. The summed E-state index contributed by atoms with van der Waals surface area (Å²) in [6.45, 7) is 28.5. The van der Waals surface area contributed by atoms with Gasteiger partial charge in [0, 0.05) is 39.6 Å². The molecule has 0 atom stereocenters. The van der Waals surface area contributed by atoms with Crippen LogP contribution in [0.15, 0.2) is 97.1 Å². The van der Waals surface area contributed by atoms with Crippen molar-refractivity contribution in [2.45, 2.75) is 118 Å². The van der Waals surface area contributed by atoms with E-state index in [1.807, 2.05) is 0 Å². The monoisotopic (exact) mass is 1150 g/mol. The summed E-state index contributed by atoms with van der Waals surface area (Å²) in [5.41, 5.74) is 28.7. The van der Waals surface area contributed by atoms with Gasteiger partial charge in [-0.15, -0.1) is 33.2 Å². The van der Waals surface area contributed by atoms with Crippen LogP contribution in [0.5, 0.6) is 0 Å². The third-order valence-electron chi connectivity index (χ3n) is 14.2. The van der Waals surface area contributed by atoms with Gasteiger partial charge in [-0.25, -0.2) is 9.97 Å². The van der Waals surface area contributed by atoms with Crippen LogP contribution >= 0.6 is 0 Å². The van der Waals surface area contributed by atoms with Crippen LogP contribution in [0.3, 0.4) is 0 Å². The molecule has 2 aliphatic rings. The second kappa shape index (κ2) is 24.4. The zero-order valence-electron chi connectivity index (χ0n) is 50.1. The van der Waals surface area contributed by atoms with Gasteiger partial charge in [0.25, 0.3) is 0 Å². The molecule has 8 nitrogen and oxygen atoms in total. The molecule has 5 heterocycles. The molecule has 0 saturated carbocycles. The molecule has 4 aromatic carbocycles. The van der Waals surface area contributed by atoms with E-state index in [4.69, 9.17) is 38.9 Å². The summed E-state index contributed by atoms with van der Waals surface area (Å²) in [5, 5.41) is 0. The van der Waals surface area contributed by atoms with Crippen LogP contribution in [0.1, 0.15) is 109 Å². The fourth-order valence-corrected chi connectivity index (χ4v) is 11.3. The second-order valence-electron chi connectivity index (χ2n) is 25.1. The largest absolute Gasteiger partial charge is 2.00 e. The van der Waals surface area contributed by atoms with E-state index in [1.54, 1.807) is 28.4 Å². The predicted octanol–water partition coefficient (Wildman–Crippen LogP) is 16.2. The van der Waals surface area contributed by atoms with Crippen molar-refractivity contribution in [3.8, 4) is 67.4 Å². The Kier molecular flexibility index (Phi) is 18.2. The molecule has 0 N–H and O–H groups in total. The number of rotatable bonds is 12. The first-order valence-corrected chi connectivity index (χ1v) is 34.6. The third-order valence-corrected chi connectivity index (χ3v) is 15.9. The Bertz CT molecular complexity index is 3560. The van der Waals surface area contributed by atoms with Crippen molar-refractivity contribution in [2.24, 2.45) is 0 Å². The van der Waals surface area contributed by atoms with Gasteiger partial charge in [-0.05, 0) is 137 Å². The first-order valence-electron chi connectivity index (χ1n) is 27.6. The normalized spacial score (nSPS) is 12.4. The van der Waals surface area contributed by atoms with Crippen molar-refractivity contribution in [1.82, 2.24) is 19.9 Å². The summed E-state index contributed by atoms with van der Waals surface area (Å²) < 4.78 is 24.2. The Morgan fingerprint density at radius 3 is 0.926 bits per heavy atom. The minimum absolute atomic E-state index is 0. The maximum atomic E-state index is 6.05. The van der Waals surface area contributed by atoms with Gasteiger partial charge in [0.05, 0.1) is 49.2 Å². The van der Waals surface area contributed by atoms with E-state index in [-0.39, 0.29) is 27.3 Å². The average Bonchev–Trinajstić information content (AvgIpc) is 4.29. The summed E-state index contributed by atoms with van der Waals surface area (Å²) in [6.07, 6.45) is 8.48. The van der Waals surface area contributed by atoms with Crippen LogP contribution in [0.4, 0.5) is 0 Å². The molecule has 3 aromatic heterocycles. The number of aromatic nitrogens is 4. The van der Waals surface area contributed by atoms with Crippen molar-refractivity contribution < 1.29 is 35.4 Å². The molecule has 8 bridgehead atoms. The molecule has 0 aliphatic carbocycles. The number of benzene rings is 4. The maximum absolute atomic E-state index is 6.05. The zero-order chi connectivity index (χ0) is 57.3. The van der Waals surface area contributed by atoms with E-state index in [1.165, 1.54) is 11.1 Å². The molecule has 7 aromatic rings. The number of fused-ring (bicyclic) bond motifs is 8. The second-order valence-corrected chi connectivity index (χ2v) is 34.6. The van der Waals surface area contributed by atoms with Crippen LogP contribution in [0.25, 0.3) is 90.9 Å². The molecule has 418 valence electrons. The van der Waals surface area contributed by atoms with Gasteiger partial charge in [0.1, 0.15) is 16.1 Å². The summed E-state index contributed by atoms with van der Waals surface area (Å²) in [6, 6.07) is 34.6. The molecule has 2 aliphatic heterocycles. The minimum atomic E-state index is -1.63. The molecule has 0 unspecified atom stereocenters. The average molecular weight is 1150 g/mol. The molecule has 11 heteroatoms. The topological polar surface area (TPSA) is 90.9 Å². The van der Waals surface area contributed by atoms with Gasteiger partial charge < -0.3 is 28.9 Å². The summed E-state index contributed by atoms with van der Waals surface area (Å²) in [7, 11) is 3.74. The number of ether oxygens (including phenoxy) is 4. The number of nitrogens with zero attached hydrogens (tertiary/aromatic N) is 4. The van der Waals surface area contributed by atoms with E-state index in [9.17, 15) is 0 Å². The Balaban J connectivity index is 0.00000860. The summed E-state index contributed by atoms with van der Waals surface area (Å²) >= 11 is 0. The van der Waals surface area contributed by atoms with Crippen LogP contribution < -0.4 is 9.97 Å². The van der Waals surface area contributed by atoms with Crippen molar-refractivity contribution in [3.05, 3.63) is 164 Å². The van der Waals surface area contributed by atoms with Gasteiger partial charge >= 0.3 is 16.5 Å². The van der Waals surface area contributed by atoms with Gasteiger partial charge in [-0.3, -0.25) is 0 Å². The Labute approximate surface area is 493 Å². The smallest absolute Gasteiger partial charge is 0.657 e. The molecule has 0 amide bonds. The molecule has 0 spiro atoms. The van der Waals surface area contributed by atoms with Crippen LogP contribution in [-0.2, 0) is 72.7 Å². The molecule has 0 radical (unpaired) electrons. The van der Waals surface area contributed by atoms with Crippen LogP contribution in [0, 0.1) is 22.9 Å². The molecule has 0 saturated heterocycles. The van der Waals surface area contributed by atoms with E-state index in [0.29, 0.717) is 26.4 Å². The van der Waals surface area contributed by atoms with Crippen molar-refractivity contribution in [2.75, 3.05) is 28.4 Å². The van der Waals surface area contributed by atoms with E-state index in [0.717, 1.165) is 123 Å². The molecule has 0 fully saturated rings. The van der Waals surface area contributed by atoms with E-state index < -0.39 is 16.1 Å². The SMILES string of the molecule is COCc1cc(C(C)(C)C)cc(COC)c1-c1c2nc(c(-c3ccc(C#C[Si](C)(C)C)cc3)c3ccc([n-]3)c(-c3c(COC)cc(C(C)(C)C)cc3COC)c3nc(c(-c4ccc(C#C[Si](C)(C)C)cc4)c4ccc1[n-]4)C=C3)C=C2.[Ni+2]. The van der Waals surface area contributed by atoms with Crippen molar-refractivity contribution in [3.63, 3.8) is 0 Å². The van der Waals surface area contributed by atoms with Gasteiger partial charge in [-0.2, -0.15) is 0 Å². The maximum Gasteiger partial charge on any atom is 2.00 e. The van der Waals surface area contributed by atoms with Crippen LogP contribution in [-0.4, -0.2) is 54.6 Å². The Morgan fingerprint density at radius 1 is 0.395 bits per heavy atom.